The number of Topliss-reactive ketones (excluding diaryl/α,β-unsaturated/α-hetero) is 2. The summed E-state index contributed by atoms with van der Waals surface area (Å²) in [7, 11) is 6.69. The lowest BCUT2D eigenvalue weighted by molar-refractivity contribution is -0.153. The first kappa shape index (κ1) is 30.1. The molecule has 0 saturated heterocycles. The van der Waals surface area contributed by atoms with Gasteiger partial charge in [0.05, 0.1) is 11.6 Å². The zero-order valence-corrected chi connectivity index (χ0v) is 24.1. The topological polar surface area (TPSA) is 185 Å². The second-order valence-electron chi connectivity index (χ2n) is 12.0. The molecule has 1 aromatic rings. The summed E-state index contributed by atoms with van der Waals surface area (Å²) < 4.78 is 0. The summed E-state index contributed by atoms with van der Waals surface area (Å²) in [5.74, 6) is -6.81. The number of nitrogens with zero attached hydrogens (tertiary/aromatic N) is 3. The van der Waals surface area contributed by atoms with Crippen LogP contribution in [-0.2, 0) is 32.1 Å². The second kappa shape index (κ2) is 10.5. The lowest BCUT2D eigenvalue weighted by atomic mass is 9.57. The number of benzene rings is 1. The van der Waals surface area contributed by atoms with Crippen LogP contribution < -0.4 is 10.6 Å². The van der Waals surface area contributed by atoms with Gasteiger partial charge >= 0.3 is 0 Å². The Morgan fingerprint density at radius 2 is 1.80 bits per heavy atom. The molecule has 222 valence electrons. The van der Waals surface area contributed by atoms with Crippen molar-refractivity contribution in [3.05, 3.63) is 39.7 Å². The van der Waals surface area contributed by atoms with Gasteiger partial charge in [-0.25, -0.2) is 0 Å². The molecule has 0 heterocycles. The van der Waals surface area contributed by atoms with Gasteiger partial charge in [0.15, 0.2) is 11.4 Å². The number of carbonyl (C=O) groups excluding carboxylic acids is 4. The van der Waals surface area contributed by atoms with Crippen LogP contribution in [0.5, 0.6) is 5.75 Å². The molecule has 1 unspecified atom stereocenters. The molecule has 3 aliphatic rings. The molecule has 4 rings (SSSR count). The number of carbonyl (C=O) groups is 4. The molecule has 12 nitrogen and oxygen atoms in total. The van der Waals surface area contributed by atoms with Gasteiger partial charge in [-0.15, -0.1) is 0 Å². The van der Waals surface area contributed by atoms with Gasteiger partial charge in [-0.1, -0.05) is 13.8 Å². The minimum atomic E-state index is -2.70. The van der Waals surface area contributed by atoms with Crippen molar-refractivity contribution in [3.8, 4) is 5.75 Å². The number of phenols is 1. The highest BCUT2D eigenvalue weighted by molar-refractivity contribution is 6.24. The van der Waals surface area contributed by atoms with Crippen LogP contribution in [0.4, 0.5) is 5.69 Å². The molecule has 1 aromatic carbocycles. The highest BCUT2D eigenvalue weighted by atomic mass is 16.3. The van der Waals surface area contributed by atoms with E-state index in [-0.39, 0.29) is 42.2 Å². The summed E-state index contributed by atoms with van der Waals surface area (Å²) in [5.41, 5.74) is 3.16. The van der Waals surface area contributed by atoms with Gasteiger partial charge in [0.1, 0.15) is 22.8 Å². The van der Waals surface area contributed by atoms with Crippen molar-refractivity contribution in [3.63, 3.8) is 0 Å². The van der Waals surface area contributed by atoms with Gasteiger partial charge in [0, 0.05) is 49.9 Å². The maximum absolute atomic E-state index is 14.1. The van der Waals surface area contributed by atoms with E-state index in [1.807, 2.05) is 13.8 Å². The Morgan fingerprint density at radius 3 is 2.32 bits per heavy atom. The maximum atomic E-state index is 14.1. The standard InChI is InChI=1S/C29H38N4O8/c1-13(2)10-33(12-34)11-15-9-18(31(3)4)16-7-14-8-17-22(32(5)6)25(37)21(28(30)40)27(39)29(17,41)26(38)19(14)24(36)20(16)23(15)35/h9,12-14,17,22,35-36,39,41H,7-8,10-11H2,1-6H3,(H2,30,40)/t14-,17-,22?,29-/m1/s1. The number of nitrogens with two attached hydrogens (primary N) is 1. The van der Waals surface area contributed by atoms with Crippen molar-refractivity contribution >= 4 is 35.3 Å². The van der Waals surface area contributed by atoms with Crippen LogP contribution in [0.1, 0.15) is 37.0 Å². The fourth-order valence-electron chi connectivity index (χ4n) is 6.70. The van der Waals surface area contributed by atoms with Crippen LogP contribution in [0.25, 0.3) is 5.76 Å². The smallest absolute Gasteiger partial charge is 0.255 e. The summed E-state index contributed by atoms with van der Waals surface area (Å²) in [5, 5.41) is 45.7. The summed E-state index contributed by atoms with van der Waals surface area (Å²) in [6, 6.07) is 0.594. The zero-order valence-electron chi connectivity index (χ0n) is 24.1. The number of primary amides is 1. The Balaban J connectivity index is 1.95. The minimum Gasteiger partial charge on any atom is -0.508 e. The summed E-state index contributed by atoms with van der Waals surface area (Å²) >= 11 is 0. The van der Waals surface area contributed by atoms with Crippen molar-refractivity contribution in [2.45, 2.75) is 44.9 Å². The summed E-state index contributed by atoms with van der Waals surface area (Å²) in [6.07, 6.45) is 0.869. The molecule has 12 heteroatoms. The first-order valence-corrected chi connectivity index (χ1v) is 13.5. The van der Waals surface area contributed by atoms with E-state index in [4.69, 9.17) is 5.73 Å². The van der Waals surface area contributed by atoms with Crippen LogP contribution in [-0.4, -0.2) is 100 Å². The molecular formula is C29H38N4O8. The number of aliphatic hydroxyl groups excluding tert-OH is 2. The zero-order chi connectivity index (χ0) is 30.7. The minimum absolute atomic E-state index is 0.00196. The Bertz CT molecular complexity index is 1400. The normalized spacial score (nSPS) is 25.7. The largest absolute Gasteiger partial charge is 0.508 e. The molecule has 0 radical (unpaired) electrons. The summed E-state index contributed by atoms with van der Waals surface area (Å²) in [6.45, 7) is 4.38. The van der Waals surface area contributed by atoms with Crippen molar-refractivity contribution in [2.24, 2.45) is 23.5 Å². The fourth-order valence-corrected chi connectivity index (χ4v) is 6.70. The Morgan fingerprint density at radius 1 is 1.17 bits per heavy atom. The molecular weight excluding hydrogens is 532 g/mol. The number of rotatable bonds is 8. The van der Waals surface area contributed by atoms with Crippen molar-refractivity contribution in [2.75, 3.05) is 39.6 Å². The molecule has 4 atom stereocenters. The molecule has 0 aliphatic heterocycles. The van der Waals surface area contributed by atoms with Crippen molar-refractivity contribution < 1.29 is 39.6 Å². The third-order valence-corrected chi connectivity index (χ3v) is 8.38. The third kappa shape index (κ3) is 4.55. The number of hydrogen-bond acceptors (Lipinski definition) is 10. The van der Waals surface area contributed by atoms with E-state index in [0.29, 0.717) is 29.8 Å². The van der Waals surface area contributed by atoms with Crippen LogP contribution in [0.3, 0.4) is 0 Å². The lowest BCUT2D eigenvalue weighted by Crippen LogP contribution is -2.65. The van der Waals surface area contributed by atoms with E-state index in [2.05, 4.69) is 0 Å². The molecule has 0 spiro atoms. The summed E-state index contributed by atoms with van der Waals surface area (Å²) in [4.78, 5) is 56.0. The number of likely N-dealkylation sites (N-methyl/N-ethyl adjacent to an activating group) is 1. The van der Waals surface area contributed by atoms with Gasteiger partial charge in [-0.3, -0.25) is 24.1 Å². The number of ketones is 2. The third-order valence-electron chi connectivity index (χ3n) is 8.38. The van der Waals surface area contributed by atoms with Crippen LogP contribution >= 0.6 is 0 Å². The van der Waals surface area contributed by atoms with Gasteiger partial charge < -0.3 is 36.0 Å². The van der Waals surface area contributed by atoms with Gasteiger partial charge in [0.25, 0.3) is 5.91 Å². The molecule has 0 aromatic heterocycles. The van der Waals surface area contributed by atoms with E-state index < -0.39 is 58.0 Å². The molecule has 1 fully saturated rings. The number of hydrogen-bond donors (Lipinski definition) is 5. The number of phenolic OH excluding ortho intramolecular Hbond substituents is 1. The van der Waals surface area contributed by atoms with E-state index in [0.717, 1.165) is 0 Å². The first-order valence-electron chi connectivity index (χ1n) is 13.5. The van der Waals surface area contributed by atoms with E-state index >= 15 is 0 Å². The number of anilines is 1. The lowest BCUT2D eigenvalue weighted by Gasteiger charge is -2.50. The van der Waals surface area contributed by atoms with Crippen molar-refractivity contribution in [1.29, 1.82) is 0 Å². The van der Waals surface area contributed by atoms with Gasteiger partial charge in [-0.2, -0.15) is 0 Å². The highest BCUT2D eigenvalue weighted by Crippen LogP contribution is 2.54. The van der Waals surface area contributed by atoms with Crippen LogP contribution in [0.2, 0.25) is 0 Å². The number of fused-ring (bicyclic) bond motifs is 3. The molecule has 1 saturated carbocycles. The first-order chi connectivity index (χ1) is 19.1. The van der Waals surface area contributed by atoms with Crippen LogP contribution in [0.15, 0.2) is 23.0 Å². The van der Waals surface area contributed by atoms with E-state index in [9.17, 15) is 39.6 Å². The quantitative estimate of drug-likeness (QED) is 0.219. The van der Waals surface area contributed by atoms with Crippen LogP contribution in [0, 0.1) is 17.8 Å². The predicted molar refractivity (Wildman–Crippen MR) is 150 cm³/mol. The Kier molecular flexibility index (Phi) is 7.70. The molecule has 0 bridgehead atoms. The predicted octanol–water partition coefficient (Wildman–Crippen LogP) is 0.644. The number of aromatic hydroxyl groups is 1. The highest BCUT2D eigenvalue weighted by Gasteiger charge is 2.64. The van der Waals surface area contributed by atoms with Gasteiger partial charge in [-0.05, 0) is 50.4 Å². The average molecular weight is 571 g/mol. The van der Waals surface area contributed by atoms with Gasteiger partial charge in [0.2, 0.25) is 12.2 Å². The average Bonchev–Trinajstić information content (AvgIpc) is 2.86. The van der Waals surface area contributed by atoms with Crippen molar-refractivity contribution in [1.82, 2.24) is 9.80 Å². The molecule has 2 amide bonds. The Labute approximate surface area is 238 Å². The SMILES string of the molecule is CC(C)CN(C=O)Cc1cc(N(C)C)c2c(c1O)C(O)=C1C(=O)[C@@]3(O)C(O)=C(C(N)=O)C(=O)C(N(C)C)[C@H]3C[C@H]1C2. The monoisotopic (exact) mass is 570 g/mol. The molecule has 3 aliphatic carbocycles. The maximum Gasteiger partial charge on any atom is 0.255 e. The van der Waals surface area contributed by atoms with E-state index in [1.165, 1.54) is 9.80 Å². The number of aliphatic hydroxyl groups is 3. The fraction of sp³-hybridized carbons (Fsp3) is 0.517. The molecule has 41 heavy (non-hydrogen) atoms. The second-order valence-corrected chi connectivity index (χ2v) is 12.0. The Hall–Kier alpha value is -3.90. The molecule has 6 N–H and O–H groups in total. The van der Waals surface area contributed by atoms with E-state index in [1.54, 1.807) is 39.2 Å². The number of amides is 2.